The van der Waals surface area contributed by atoms with E-state index in [4.69, 9.17) is 5.11 Å². The smallest absolute Gasteiger partial charge is 0.346 e. The minimum atomic E-state index is -0.902. The van der Waals surface area contributed by atoms with Crippen molar-refractivity contribution in [2.75, 3.05) is 0 Å². The molecule has 74 valence electrons. The SMILES string of the molecule is CC(=O)c1sc(C(=O)O)c2c1CCC2. The van der Waals surface area contributed by atoms with E-state index < -0.39 is 5.97 Å². The number of carbonyl (C=O) groups is 2. The van der Waals surface area contributed by atoms with Crippen LogP contribution in [0.5, 0.6) is 0 Å². The maximum Gasteiger partial charge on any atom is 0.346 e. The molecule has 0 fully saturated rings. The number of fused-ring (bicyclic) bond motifs is 1. The number of carboxylic acid groups (broad SMARTS) is 1. The van der Waals surface area contributed by atoms with E-state index in [0.717, 1.165) is 41.7 Å². The van der Waals surface area contributed by atoms with Gasteiger partial charge >= 0.3 is 5.97 Å². The Bertz CT molecular complexity index is 381. The van der Waals surface area contributed by atoms with Crippen molar-refractivity contribution in [3.05, 3.63) is 20.9 Å². The Morgan fingerprint density at radius 1 is 1.21 bits per heavy atom. The molecule has 4 heteroatoms. The Hall–Kier alpha value is -1.16. The Labute approximate surface area is 85.4 Å². The highest BCUT2D eigenvalue weighted by atomic mass is 32.1. The van der Waals surface area contributed by atoms with Crippen LogP contribution in [-0.2, 0) is 12.8 Å². The van der Waals surface area contributed by atoms with Crippen LogP contribution < -0.4 is 0 Å². The first-order valence-electron chi connectivity index (χ1n) is 4.50. The zero-order valence-corrected chi connectivity index (χ0v) is 8.61. The Morgan fingerprint density at radius 2 is 1.79 bits per heavy atom. The molecular weight excluding hydrogens is 200 g/mol. The van der Waals surface area contributed by atoms with Crippen molar-refractivity contribution in [2.45, 2.75) is 26.2 Å². The Kier molecular flexibility index (Phi) is 2.15. The summed E-state index contributed by atoms with van der Waals surface area (Å²) in [5.41, 5.74) is 1.88. The van der Waals surface area contributed by atoms with Crippen LogP contribution in [-0.4, -0.2) is 16.9 Å². The van der Waals surface area contributed by atoms with Gasteiger partial charge in [-0.3, -0.25) is 4.79 Å². The van der Waals surface area contributed by atoms with Gasteiger partial charge in [0.15, 0.2) is 5.78 Å². The van der Waals surface area contributed by atoms with E-state index in [1.165, 1.54) is 6.92 Å². The largest absolute Gasteiger partial charge is 0.477 e. The molecule has 14 heavy (non-hydrogen) atoms. The minimum Gasteiger partial charge on any atom is -0.477 e. The first-order chi connectivity index (χ1) is 6.61. The summed E-state index contributed by atoms with van der Waals surface area (Å²) in [6, 6.07) is 0. The van der Waals surface area contributed by atoms with Gasteiger partial charge in [0.2, 0.25) is 0 Å². The van der Waals surface area contributed by atoms with Gasteiger partial charge in [-0.15, -0.1) is 11.3 Å². The maximum absolute atomic E-state index is 11.3. The second-order valence-electron chi connectivity index (χ2n) is 3.43. The third-order valence-electron chi connectivity index (χ3n) is 2.48. The summed E-state index contributed by atoms with van der Waals surface area (Å²) in [6.45, 7) is 1.50. The fraction of sp³-hybridized carbons (Fsp3) is 0.400. The third-order valence-corrected chi connectivity index (χ3v) is 3.85. The molecule has 1 aliphatic carbocycles. The topological polar surface area (TPSA) is 54.4 Å². The van der Waals surface area contributed by atoms with Crippen LogP contribution in [0, 0.1) is 0 Å². The Morgan fingerprint density at radius 3 is 2.29 bits per heavy atom. The van der Waals surface area contributed by atoms with Crippen LogP contribution >= 0.6 is 11.3 Å². The summed E-state index contributed by atoms with van der Waals surface area (Å²) in [6.07, 6.45) is 2.63. The van der Waals surface area contributed by atoms with Gasteiger partial charge in [0, 0.05) is 0 Å². The number of thiophene rings is 1. The number of carboxylic acids is 1. The second-order valence-corrected chi connectivity index (χ2v) is 4.45. The van der Waals surface area contributed by atoms with Crippen molar-refractivity contribution in [3.63, 3.8) is 0 Å². The van der Waals surface area contributed by atoms with Gasteiger partial charge in [-0.2, -0.15) is 0 Å². The molecule has 0 bridgehead atoms. The number of rotatable bonds is 2. The van der Waals surface area contributed by atoms with Crippen molar-refractivity contribution in [3.8, 4) is 0 Å². The summed E-state index contributed by atoms with van der Waals surface area (Å²) < 4.78 is 0. The van der Waals surface area contributed by atoms with Crippen LogP contribution in [0.2, 0.25) is 0 Å². The number of ketones is 1. The molecule has 0 aromatic carbocycles. The van der Waals surface area contributed by atoms with Crippen LogP contribution in [0.4, 0.5) is 0 Å². The van der Waals surface area contributed by atoms with Gasteiger partial charge in [-0.05, 0) is 37.3 Å². The number of carbonyl (C=O) groups excluding carboxylic acids is 1. The summed E-state index contributed by atoms with van der Waals surface area (Å²) in [5, 5.41) is 8.94. The molecule has 1 N–H and O–H groups in total. The molecule has 0 atom stereocenters. The van der Waals surface area contributed by atoms with Gasteiger partial charge in [-0.25, -0.2) is 4.79 Å². The average molecular weight is 210 g/mol. The van der Waals surface area contributed by atoms with Gasteiger partial charge in [0.25, 0.3) is 0 Å². The quantitative estimate of drug-likeness (QED) is 0.761. The minimum absolute atomic E-state index is 0.0133. The highest BCUT2D eigenvalue weighted by Crippen LogP contribution is 2.35. The third kappa shape index (κ3) is 1.26. The lowest BCUT2D eigenvalue weighted by Crippen LogP contribution is -1.95. The molecule has 0 amide bonds. The van der Waals surface area contributed by atoms with E-state index in [9.17, 15) is 9.59 Å². The van der Waals surface area contributed by atoms with Gasteiger partial charge in [-0.1, -0.05) is 0 Å². The average Bonchev–Trinajstić information content (AvgIpc) is 2.59. The monoisotopic (exact) mass is 210 g/mol. The maximum atomic E-state index is 11.3. The first-order valence-corrected chi connectivity index (χ1v) is 5.31. The molecule has 1 aromatic heterocycles. The molecule has 0 spiro atoms. The normalized spacial score (nSPS) is 14.1. The summed E-state index contributed by atoms with van der Waals surface area (Å²) >= 11 is 1.13. The van der Waals surface area contributed by atoms with Crippen LogP contribution in [0.3, 0.4) is 0 Å². The van der Waals surface area contributed by atoms with Gasteiger partial charge < -0.3 is 5.11 Å². The standard InChI is InChI=1S/C10H10O3S/c1-5(11)8-6-3-2-4-7(6)9(14-8)10(12)13/h2-4H2,1H3,(H,12,13). The van der Waals surface area contributed by atoms with Crippen molar-refractivity contribution >= 4 is 23.1 Å². The number of hydrogen-bond donors (Lipinski definition) is 1. The van der Waals surface area contributed by atoms with E-state index >= 15 is 0 Å². The van der Waals surface area contributed by atoms with E-state index in [1.54, 1.807) is 0 Å². The molecule has 1 aromatic rings. The van der Waals surface area contributed by atoms with Crippen molar-refractivity contribution in [1.29, 1.82) is 0 Å². The number of Topliss-reactive ketones (excluding diaryl/α,β-unsaturated/α-hetero) is 1. The van der Waals surface area contributed by atoms with Crippen molar-refractivity contribution < 1.29 is 14.7 Å². The molecular formula is C10H10O3S. The zero-order valence-electron chi connectivity index (χ0n) is 7.79. The summed E-state index contributed by atoms with van der Waals surface area (Å²) in [4.78, 5) is 23.2. The highest BCUT2D eigenvalue weighted by Gasteiger charge is 2.27. The Balaban J connectivity index is 2.60. The van der Waals surface area contributed by atoms with Crippen molar-refractivity contribution in [1.82, 2.24) is 0 Å². The van der Waals surface area contributed by atoms with E-state index in [-0.39, 0.29) is 5.78 Å². The van der Waals surface area contributed by atoms with E-state index in [0.29, 0.717) is 9.75 Å². The summed E-state index contributed by atoms with van der Waals surface area (Å²) in [7, 11) is 0. The fourth-order valence-corrected chi connectivity index (χ4v) is 3.06. The lowest BCUT2D eigenvalue weighted by Gasteiger charge is -1.92. The fourth-order valence-electron chi connectivity index (χ4n) is 1.93. The predicted octanol–water partition coefficient (Wildman–Crippen LogP) is 2.14. The van der Waals surface area contributed by atoms with Gasteiger partial charge in [0.05, 0.1) is 4.88 Å². The molecule has 3 nitrogen and oxygen atoms in total. The molecule has 0 saturated carbocycles. The lowest BCUT2D eigenvalue weighted by molar-refractivity contribution is 0.0701. The molecule has 1 aliphatic rings. The number of aromatic carboxylic acids is 1. The van der Waals surface area contributed by atoms with Gasteiger partial charge in [0.1, 0.15) is 4.88 Å². The molecule has 0 saturated heterocycles. The molecule has 0 unspecified atom stereocenters. The molecule has 2 rings (SSSR count). The van der Waals surface area contributed by atoms with Crippen molar-refractivity contribution in [2.24, 2.45) is 0 Å². The lowest BCUT2D eigenvalue weighted by atomic mass is 10.1. The molecule has 0 radical (unpaired) electrons. The molecule has 1 heterocycles. The predicted molar refractivity (Wildman–Crippen MR) is 53.3 cm³/mol. The second kappa shape index (κ2) is 3.20. The van der Waals surface area contributed by atoms with Crippen LogP contribution in [0.15, 0.2) is 0 Å². The molecule has 0 aliphatic heterocycles. The summed E-state index contributed by atoms with van der Waals surface area (Å²) in [5.74, 6) is -0.915. The van der Waals surface area contributed by atoms with Crippen LogP contribution in [0.25, 0.3) is 0 Å². The first kappa shape index (κ1) is 9.40. The number of hydrogen-bond acceptors (Lipinski definition) is 3. The highest BCUT2D eigenvalue weighted by molar-refractivity contribution is 7.16. The van der Waals surface area contributed by atoms with E-state index in [1.807, 2.05) is 0 Å². The van der Waals surface area contributed by atoms with Crippen LogP contribution in [0.1, 0.15) is 43.8 Å². The zero-order chi connectivity index (χ0) is 10.3. The van der Waals surface area contributed by atoms with E-state index in [2.05, 4.69) is 0 Å².